The molecule has 8 rings (SSSR count). The Morgan fingerprint density at radius 1 is 0.524 bits per heavy atom. The minimum absolute atomic E-state index is 0.0132. The number of carbonyl (C=O) groups excluding carboxylic acids is 6. The standard InChI is InChI=1S/C31H38N4O6.C30H35FN4O6/c1-20-13-15-22(16-14-20)35-25(30-26(39-2)11-8-12-27(30)40-3)17-24(34-35)31(38)33-23(21-9-6-5-7-10-21)18-28(36)32-19-29(37)41-4;1-39-25-10-7-11-26(40-2)29(25)24-16-23(34-35(24)21-14-12-20(31)13-15-21)30(38)33-22(19-8-5-4-6-9-19)17-27(36)32-18-28(37)41-3/h8,11-17,21,23H,5-7,9-10,18-19H2,1-4H3,(H,32,36)(H,33,38);7,10-16,19,22H,4-6,8-9,17-18H2,1-3H3,(H,32,36)(H,33,38). The van der Waals surface area contributed by atoms with Crippen LogP contribution in [-0.2, 0) is 28.7 Å². The quantitative estimate of drug-likeness (QED) is 0.0468. The summed E-state index contributed by atoms with van der Waals surface area (Å²) in [5, 5.41) is 20.6. The Bertz CT molecular complexity index is 2890. The third-order valence-corrected chi connectivity index (χ3v) is 14.8. The lowest BCUT2D eigenvalue weighted by Crippen LogP contribution is -2.45. The number of methoxy groups -OCH3 is 6. The number of carbonyl (C=O) groups is 6. The molecule has 2 saturated carbocycles. The smallest absolute Gasteiger partial charge is 0.325 e. The third-order valence-electron chi connectivity index (χ3n) is 14.8. The molecule has 4 amide bonds. The molecule has 0 saturated heterocycles. The van der Waals surface area contributed by atoms with Crippen LogP contribution in [0, 0.1) is 24.6 Å². The molecule has 21 heteroatoms. The molecular formula is C61H73FN8O12. The van der Waals surface area contributed by atoms with Gasteiger partial charge in [0, 0.05) is 24.9 Å². The summed E-state index contributed by atoms with van der Waals surface area (Å²) >= 11 is 0. The normalized spacial score (nSPS) is 14.1. The zero-order valence-electron chi connectivity index (χ0n) is 47.5. The molecule has 0 bridgehead atoms. The van der Waals surface area contributed by atoms with Crippen molar-refractivity contribution < 1.29 is 61.6 Å². The first-order valence-electron chi connectivity index (χ1n) is 27.4. The predicted molar refractivity (Wildman–Crippen MR) is 304 cm³/mol. The summed E-state index contributed by atoms with van der Waals surface area (Å²) in [6.45, 7) is 1.54. The van der Waals surface area contributed by atoms with Gasteiger partial charge in [0.2, 0.25) is 11.8 Å². The topological polar surface area (TPSA) is 242 Å². The van der Waals surface area contributed by atoms with Crippen LogP contribution in [0.2, 0.25) is 0 Å². The van der Waals surface area contributed by atoms with Crippen molar-refractivity contribution in [1.82, 2.24) is 40.8 Å². The number of benzene rings is 4. The second kappa shape index (κ2) is 29.6. The monoisotopic (exact) mass is 1130 g/mol. The van der Waals surface area contributed by atoms with Gasteiger partial charge in [0.15, 0.2) is 11.4 Å². The highest BCUT2D eigenvalue weighted by molar-refractivity contribution is 5.96. The number of aromatic nitrogens is 4. The van der Waals surface area contributed by atoms with Gasteiger partial charge in [-0.2, -0.15) is 10.2 Å². The number of rotatable bonds is 22. The number of aryl methyl sites for hydroxylation is 1. The van der Waals surface area contributed by atoms with Gasteiger partial charge in [-0.05, 0) is 117 Å². The Kier molecular flexibility index (Phi) is 22.0. The summed E-state index contributed by atoms with van der Waals surface area (Å²) in [4.78, 5) is 75.8. The fraction of sp³-hybridized carbons (Fsp3) is 0.410. The summed E-state index contributed by atoms with van der Waals surface area (Å²) in [5.74, 6) is -0.620. The number of ether oxygens (including phenoxy) is 6. The maximum atomic E-state index is 13.7. The van der Waals surface area contributed by atoms with E-state index in [-0.39, 0.29) is 66.9 Å². The van der Waals surface area contributed by atoms with Crippen LogP contribution < -0.4 is 40.2 Å². The summed E-state index contributed by atoms with van der Waals surface area (Å²) in [5.41, 5.74) is 5.05. The number of hydrogen-bond acceptors (Lipinski definition) is 14. The SMILES string of the molecule is COC(=O)CNC(=O)CC(NC(=O)c1cc(-c2c(OC)cccc2OC)n(-c2ccc(C)cc2)n1)C1CCCCC1.COC(=O)CNC(=O)CC(NC(=O)c1cc(-c2c(OC)cccc2OC)n(-c2ccc(F)cc2)n1)C1CCCCC1. The van der Waals surface area contributed by atoms with Crippen molar-refractivity contribution in [2.24, 2.45) is 11.8 Å². The van der Waals surface area contributed by atoms with Gasteiger partial charge in [-0.1, -0.05) is 68.4 Å². The van der Waals surface area contributed by atoms with Crippen LogP contribution in [0.15, 0.2) is 97.1 Å². The molecular weight excluding hydrogens is 1060 g/mol. The second-order valence-electron chi connectivity index (χ2n) is 20.1. The minimum atomic E-state index is -0.553. The molecule has 2 unspecified atom stereocenters. The van der Waals surface area contributed by atoms with Crippen LogP contribution in [0.3, 0.4) is 0 Å². The fourth-order valence-corrected chi connectivity index (χ4v) is 10.5. The molecule has 4 aromatic carbocycles. The minimum Gasteiger partial charge on any atom is -0.496 e. The average molecular weight is 1130 g/mol. The Labute approximate surface area is 476 Å². The van der Waals surface area contributed by atoms with E-state index in [1.807, 2.05) is 49.4 Å². The van der Waals surface area contributed by atoms with Crippen molar-refractivity contribution >= 4 is 35.6 Å². The Morgan fingerprint density at radius 3 is 1.22 bits per heavy atom. The lowest BCUT2D eigenvalue weighted by atomic mass is 9.82. The summed E-state index contributed by atoms with van der Waals surface area (Å²) in [7, 11) is 8.75. The van der Waals surface area contributed by atoms with Gasteiger partial charge >= 0.3 is 11.9 Å². The van der Waals surface area contributed by atoms with Crippen LogP contribution in [0.1, 0.15) is 104 Å². The van der Waals surface area contributed by atoms with Crippen LogP contribution in [0.25, 0.3) is 33.9 Å². The second-order valence-corrected chi connectivity index (χ2v) is 20.1. The van der Waals surface area contributed by atoms with Crippen molar-refractivity contribution in [1.29, 1.82) is 0 Å². The van der Waals surface area contributed by atoms with Gasteiger partial charge in [-0.3, -0.25) is 28.8 Å². The highest BCUT2D eigenvalue weighted by atomic mass is 19.1. The number of esters is 2. The van der Waals surface area contributed by atoms with Gasteiger partial charge < -0.3 is 49.7 Å². The van der Waals surface area contributed by atoms with E-state index < -0.39 is 35.7 Å². The first-order valence-corrected chi connectivity index (χ1v) is 27.4. The van der Waals surface area contributed by atoms with Gasteiger partial charge in [0.25, 0.3) is 11.8 Å². The van der Waals surface area contributed by atoms with E-state index in [0.29, 0.717) is 51.2 Å². The number of hydrogen-bond donors (Lipinski definition) is 4. The molecule has 0 spiro atoms. The molecule has 2 atom stereocenters. The average Bonchev–Trinajstić information content (AvgIpc) is 3.84. The van der Waals surface area contributed by atoms with Crippen LogP contribution >= 0.6 is 0 Å². The molecule has 2 heterocycles. The molecule has 436 valence electrons. The van der Waals surface area contributed by atoms with Gasteiger partial charge in [-0.25, -0.2) is 13.8 Å². The van der Waals surface area contributed by atoms with Crippen LogP contribution in [-0.4, -0.2) is 123 Å². The number of nitrogens with one attached hydrogen (secondary N) is 4. The molecule has 0 radical (unpaired) electrons. The van der Waals surface area contributed by atoms with E-state index in [0.717, 1.165) is 75.5 Å². The molecule has 6 aromatic rings. The zero-order chi connectivity index (χ0) is 58.7. The van der Waals surface area contributed by atoms with Gasteiger partial charge in [0.1, 0.15) is 41.9 Å². The van der Waals surface area contributed by atoms with Crippen molar-refractivity contribution in [3.05, 3.63) is 120 Å². The number of amides is 4. The number of halogens is 1. The van der Waals surface area contributed by atoms with E-state index in [2.05, 4.69) is 35.8 Å². The van der Waals surface area contributed by atoms with Crippen LogP contribution in [0.4, 0.5) is 4.39 Å². The first-order chi connectivity index (χ1) is 39.7. The van der Waals surface area contributed by atoms with Crippen molar-refractivity contribution in [2.75, 3.05) is 55.7 Å². The summed E-state index contributed by atoms with van der Waals surface area (Å²) in [6, 6.07) is 26.9. The molecule has 2 aromatic heterocycles. The molecule has 2 aliphatic rings. The molecule has 82 heavy (non-hydrogen) atoms. The van der Waals surface area contributed by atoms with Crippen LogP contribution in [0.5, 0.6) is 23.0 Å². The molecule has 4 N–H and O–H groups in total. The Balaban J connectivity index is 0.000000236. The van der Waals surface area contributed by atoms with Crippen molar-refractivity contribution in [2.45, 2.75) is 96.1 Å². The van der Waals surface area contributed by atoms with E-state index in [1.165, 1.54) is 45.3 Å². The summed E-state index contributed by atoms with van der Waals surface area (Å²) in [6.07, 6.45) is 10.0. The lowest BCUT2D eigenvalue weighted by molar-refractivity contribution is -0.141. The molecule has 20 nitrogen and oxygen atoms in total. The van der Waals surface area contributed by atoms with Crippen molar-refractivity contribution in [3.8, 4) is 56.9 Å². The maximum absolute atomic E-state index is 13.7. The van der Waals surface area contributed by atoms with Gasteiger partial charge in [-0.15, -0.1) is 0 Å². The van der Waals surface area contributed by atoms with E-state index >= 15 is 0 Å². The fourth-order valence-electron chi connectivity index (χ4n) is 10.5. The summed E-state index contributed by atoms with van der Waals surface area (Å²) < 4.78 is 48.7. The highest BCUT2D eigenvalue weighted by Crippen LogP contribution is 2.41. The molecule has 2 aliphatic carbocycles. The molecule has 0 aliphatic heterocycles. The maximum Gasteiger partial charge on any atom is 0.325 e. The predicted octanol–water partition coefficient (Wildman–Crippen LogP) is 8.28. The van der Waals surface area contributed by atoms with Gasteiger partial charge in [0.05, 0.1) is 76.5 Å². The largest absolute Gasteiger partial charge is 0.496 e. The Morgan fingerprint density at radius 2 is 0.878 bits per heavy atom. The highest BCUT2D eigenvalue weighted by Gasteiger charge is 2.32. The zero-order valence-corrected chi connectivity index (χ0v) is 47.5. The molecule has 2 fully saturated rings. The van der Waals surface area contributed by atoms with Crippen molar-refractivity contribution in [3.63, 3.8) is 0 Å². The van der Waals surface area contributed by atoms with E-state index in [9.17, 15) is 33.2 Å². The Hall–Kier alpha value is -8.75. The lowest BCUT2D eigenvalue weighted by Gasteiger charge is -2.30. The third kappa shape index (κ3) is 15.8. The van der Waals surface area contributed by atoms with E-state index in [4.69, 9.17) is 24.0 Å². The first kappa shape index (κ1) is 60.9. The van der Waals surface area contributed by atoms with E-state index in [1.54, 1.807) is 61.4 Å². The number of nitrogens with zero attached hydrogens (tertiary/aromatic N) is 4.